The van der Waals surface area contributed by atoms with E-state index in [9.17, 15) is 4.79 Å². The zero-order valence-electron chi connectivity index (χ0n) is 14.6. The summed E-state index contributed by atoms with van der Waals surface area (Å²) in [6.07, 6.45) is 1.56. The Kier molecular flexibility index (Phi) is 4.56. The van der Waals surface area contributed by atoms with Gasteiger partial charge in [0.2, 0.25) is 0 Å². The number of fused-ring (bicyclic) bond motifs is 1. The van der Waals surface area contributed by atoms with Gasteiger partial charge in [-0.05, 0) is 30.2 Å². The first kappa shape index (κ1) is 17.2. The van der Waals surface area contributed by atoms with Gasteiger partial charge >= 0.3 is 5.97 Å². The predicted octanol–water partition coefficient (Wildman–Crippen LogP) is 4.98. The van der Waals surface area contributed by atoms with Crippen molar-refractivity contribution in [2.75, 3.05) is 5.32 Å². The van der Waals surface area contributed by atoms with Crippen molar-refractivity contribution in [1.82, 2.24) is 9.97 Å². The minimum atomic E-state index is -0.923. The number of carboxylic acid groups (broad SMARTS) is 1. The molecule has 5 nitrogen and oxygen atoms in total. The molecule has 0 saturated heterocycles. The molecule has 6 heteroatoms. The van der Waals surface area contributed by atoms with Crippen LogP contribution in [0.25, 0.3) is 21.3 Å². The van der Waals surface area contributed by atoms with Crippen molar-refractivity contribution in [3.8, 4) is 11.1 Å². The average Bonchev–Trinajstić information content (AvgIpc) is 3.12. The molecule has 0 saturated carbocycles. The first-order valence-corrected chi connectivity index (χ1v) is 9.35. The first-order chi connectivity index (χ1) is 13.1. The van der Waals surface area contributed by atoms with Crippen LogP contribution in [0.4, 0.5) is 5.82 Å². The number of hydrogen-bond acceptors (Lipinski definition) is 5. The van der Waals surface area contributed by atoms with Gasteiger partial charge in [0.1, 0.15) is 17.0 Å². The topological polar surface area (TPSA) is 75.1 Å². The van der Waals surface area contributed by atoms with Crippen molar-refractivity contribution in [3.05, 3.63) is 76.9 Å². The number of aromatic nitrogens is 2. The monoisotopic (exact) mass is 375 g/mol. The highest BCUT2D eigenvalue weighted by molar-refractivity contribution is 7.17. The third kappa shape index (κ3) is 3.52. The smallest absolute Gasteiger partial charge is 0.335 e. The van der Waals surface area contributed by atoms with E-state index in [1.807, 2.05) is 12.1 Å². The molecule has 0 aliphatic rings. The van der Waals surface area contributed by atoms with Crippen LogP contribution in [0, 0.1) is 6.92 Å². The van der Waals surface area contributed by atoms with Crippen molar-refractivity contribution >= 4 is 33.3 Å². The SMILES string of the molecule is Cc1ccc(-c2csc3ncnc(NCc4ccc(C(=O)O)cc4)c23)cc1. The molecule has 0 amide bonds. The van der Waals surface area contributed by atoms with Crippen LogP contribution >= 0.6 is 11.3 Å². The predicted molar refractivity (Wildman–Crippen MR) is 108 cm³/mol. The summed E-state index contributed by atoms with van der Waals surface area (Å²) in [4.78, 5) is 20.7. The van der Waals surface area contributed by atoms with Crippen molar-refractivity contribution in [2.24, 2.45) is 0 Å². The van der Waals surface area contributed by atoms with Gasteiger partial charge in [0.25, 0.3) is 0 Å². The van der Waals surface area contributed by atoms with Gasteiger partial charge in [-0.1, -0.05) is 42.0 Å². The summed E-state index contributed by atoms with van der Waals surface area (Å²) in [5.41, 5.74) is 4.73. The fourth-order valence-electron chi connectivity index (χ4n) is 2.91. The molecule has 0 bridgehead atoms. The summed E-state index contributed by atoms with van der Waals surface area (Å²) in [6, 6.07) is 15.2. The maximum atomic E-state index is 11.0. The van der Waals surface area contributed by atoms with Crippen molar-refractivity contribution in [2.45, 2.75) is 13.5 Å². The van der Waals surface area contributed by atoms with Gasteiger partial charge in [-0.2, -0.15) is 0 Å². The maximum Gasteiger partial charge on any atom is 0.335 e. The second kappa shape index (κ2) is 7.17. The molecule has 134 valence electrons. The van der Waals surface area contributed by atoms with Crippen LogP contribution in [0.15, 0.2) is 60.2 Å². The summed E-state index contributed by atoms with van der Waals surface area (Å²) in [6.45, 7) is 2.62. The minimum Gasteiger partial charge on any atom is -0.478 e. The number of nitrogens with one attached hydrogen (secondary N) is 1. The lowest BCUT2D eigenvalue weighted by atomic mass is 10.0. The highest BCUT2D eigenvalue weighted by Crippen LogP contribution is 2.36. The maximum absolute atomic E-state index is 11.0. The lowest BCUT2D eigenvalue weighted by molar-refractivity contribution is 0.0697. The normalized spacial score (nSPS) is 10.9. The Labute approximate surface area is 160 Å². The van der Waals surface area contributed by atoms with Gasteiger partial charge in [-0.3, -0.25) is 0 Å². The van der Waals surface area contributed by atoms with Gasteiger partial charge in [0.05, 0.1) is 10.9 Å². The zero-order valence-corrected chi connectivity index (χ0v) is 15.5. The Hall–Kier alpha value is -3.25. The van der Waals surface area contributed by atoms with E-state index in [1.165, 1.54) is 5.56 Å². The Morgan fingerprint density at radius 1 is 1.07 bits per heavy atom. The van der Waals surface area contributed by atoms with Crippen molar-refractivity contribution in [1.29, 1.82) is 0 Å². The number of aromatic carboxylic acids is 1. The fourth-order valence-corrected chi connectivity index (χ4v) is 3.82. The fraction of sp³-hybridized carbons (Fsp3) is 0.0952. The average molecular weight is 375 g/mol. The lowest BCUT2D eigenvalue weighted by Crippen LogP contribution is -2.03. The molecule has 0 unspecified atom stereocenters. The first-order valence-electron chi connectivity index (χ1n) is 8.47. The number of aryl methyl sites for hydroxylation is 1. The lowest BCUT2D eigenvalue weighted by Gasteiger charge is -2.09. The molecule has 0 fully saturated rings. The van der Waals surface area contributed by atoms with Gasteiger partial charge in [-0.15, -0.1) is 11.3 Å². The highest BCUT2D eigenvalue weighted by Gasteiger charge is 2.13. The molecule has 4 aromatic rings. The van der Waals surface area contributed by atoms with Crippen LogP contribution in [0.5, 0.6) is 0 Å². The Morgan fingerprint density at radius 3 is 2.52 bits per heavy atom. The second-order valence-electron chi connectivity index (χ2n) is 6.27. The Balaban J connectivity index is 1.64. The quantitative estimate of drug-likeness (QED) is 0.515. The van der Waals surface area contributed by atoms with Crippen LogP contribution < -0.4 is 5.32 Å². The van der Waals surface area contributed by atoms with Gasteiger partial charge in [-0.25, -0.2) is 14.8 Å². The molecule has 0 aliphatic carbocycles. The number of thiophene rings is 1. The van der Waals surface area contributed by atoms with Crippen LogP contribution in [0.1, 0.15) is 21.5 Å². The molecular formula is C21H17N3O2S. The highest BCUT2D eigenvalue weighted by atomic mass is 32.1. The Morgan fingerprint density at radius 2 is 1.81 bits per heavy atom. The van der Waals surface area contributed by atoms with E-state index in [1.54, 1.807) is 29.8 Å². The molecule has 0 atom stereocenters. The van der Waals surface area contributed by atoms with Crippen molar-refractivity contribution in [3.63, 3.8) is 0 Å². The second-order valence-corrected chi connectivity index (χ2v) is 7.13. The number of hydrogen-bond donors (Lipinski definition) is 2. The number of nitrogens with zero attached hydrogens (tertiary/aromatic N) is 2. The molecule has 2 aromatic carbocycles. The van der Waals surface area contributed by atoms with E-state index in [-0.39, 0.29) is 5.56 Å². The largest absolute Gasteiger partial charge is 0.478 e. The van der Waals surface area contributed by atoms with E-state index in [0.717, 1.165) is 32.7 Å². The summed E-state index contributed by atoms with van der Waals surface area (Å²) < 4.78 is 0. The molecular weight excluding hydrogens is 358 g/mol. The molecule has 4 rings (SSSR count). The van der Waals surface area contributed by atoms with Crippen molar-refractivity contribution < 1.29 is 9.90 Å². The number of carbonyl (C=O) groups is 1. The van der Waals surface area contributed by atoms with Crippen LogP contribution in [-0.4, -0.2) is 21.0 Å². The summed E-state index contributed by atoms with van der Waals surface area (Å²) in [7, 11) is 0. The zero-order chi connectivity index (χ0) is 18.8. The standard InChI is InChI=1S/C21H17N3O2S/c1-13-2-6-15(7-3-13)17-11-27-20-18(17)19(23-12-24-20)22-10-14-4-8-16(9-5-14)21(25)26/h2-9,11-12H,10H2,1H3,(H,25,26)(H,22,23,24). The molecule has 27 heavy (non-hydrogen) atoms. The van der Waals surface area contributed by atoms with Gasteiger partial charge in [0, 0.05) is 17.5 Å². The molecule has 2 N–H and O–H groups in total. The molecule has 2 aromatic heterocycles. The van der Waals surface area contributed by atoms with E-state index in [2.05, 4.69) is 51.9 Å². The third-order valence-corrected chi connectivity index (χ3v) is 5.28. The van der Waals surface area contributed by atoms with Gasteiger partial charge in [0.15, 0.2) is 0 Å². The Bertz CT molecular complexity index is 1100. The van der Waals surface area contributed by atoms with Crippen LogP contribution in [0.3, 0.4) is 0 Å². The molecule has 2 heterocycles. The van der Waals surface area contributed by atoms with Crippen LogP contribution in [0.2, 0.25) is 0 Å². The summed E-state index contributed by atoms with van der Waals surface area (Å²) in [5, 5.41) is 15.5. The van der Waals surface area contributed by atoms with E-state index < -0.39 is 5.97 Å². The van der Waals surface area contributed by atoms with E-state index in [0.29, 0.717) is 6.54 Å². The number of anilines is 1. The summed E-state index contributed by atoms with van der Waals surface area (Å²) >= 11 is 1.60. The third-order valence-electron chi connectivity index (χ3n) is 4.39. The number of benzene rings is 2. The number of carboxylic acids is 1. The molecule has 0 aliphatic heterocycles. The molecule has 0 radical (unpaired) electrons. The summed E-state index contributed by atoms with van der Waals surface area (Å²) in [5.74, 6) is -0.146. The molecule has 0 spiro atoms. The van der Waals surface area contributed by atoms with Crippen LogP contribution in [-0.2, 0) is 6.54 Å². The minimum absolute atomic E-state index is 0.280. The number of rotatable bonds is 5. The van der Waals surface area contributed by atoms with E-state index >= 15 is 0 Å². The van der Waals surface area contributed by atoms with Gasteiger partial charge < -0.3 is 10.4 Å². The van der Waals surface area contributed by atoms with E-state index in [4.69, 9.17) is 5.11 Å².